The molecule has 0 bridgehead atoms. The first-order chi connectivity index (χ1) is 15.0. The van der Waals surface area contributed by atoms with Crippen LogP contribution in [-0.2, 0) is 16.7 Å². The first-order valence-corrected chi connectivity index (χ1v) is 11.0. The summed E-state index contributed by atoms with van der Waals surface area (Å²) in [6, 6.07) is 4.11. The summed E-state index contributed by atoms with van der Waals surface area (Å²) in [7, 11) is -4.42. The molecule has 0 saturated carbocycles. The maximum absolute atomic E-state index is 13.7. The summed E-state index contributed by atoms with van der Waals surface area (Å²) in [6.07, 6.45) is -3.08. The number of carbonyl (C=O) groups is 1. The molecule has 32 heavy (non-hydrogen) atoms. The van der Waals surface area contributed by atoms with E-state index in [0.717, 1.165) is 22.5 Å². The van der Waals surface area contributed by atoms with Gasteiger partial charge in [0.2, 0.25) is 10.0 Å². The number of nitrogens with one attached hydrogen (secondary N) is 1. The number of aliphatic hydroxyl groups is 1. The third-order valence-electron chi connectivity index (χ3n) is 5.03. The Morgan fingerprint density at radius 1 is 1.16 bits per heavy atom. The third kappa shape index (κ3) is 4.92. The molecule has 2 atom stereocenters. The van der Waals surface area contributed by atoms with Crippen LogP contribution in [0.3, 0.4) is 0 Å². The molecule has 0 spiro atoms. The Balaban J connectivity index is 1.93. The highest BCUT2D eigenvalue weighted by Crippen LogP contribution is 2.27. The van der Waals surface area contributed by atoms with Gasteiger partial charge in [-0.3, -0.25) is 4.79 Å². The first kappa shape index (κ1) is 24.1. The van der Waals surface area contributed by atoms with Gasteiger partial charge < -0.3 is 10.4 Å². The number of benzene rings is 2. The molecule has 0 aromatic heterocycles. The van der Waals surface area contributed by atoms with Crippen LogP contribution in [0.2, 0.25) is 0 Å². The second-order valence-electron chi connectivity index (χ2n) is 7.25. The fraction of sp³-hybridized carbons (Fsp3) is 0.350. The average Bonchev–Trinajstić information content (AvgIpc) is 2.92. The summed E-state index contributed by atoms with van der Waals surface area (Å²) in [6.45, 7) is -1.84. The van der Waals surface area contributed by atoms with E-state index < -0.39 is 69.5 Å². The number of hydrogen-bond donors (Lipinski definition) is 2. The Labute approximate surface area is 180 Å². The van der Waals surface area contributed by atoms with Crippen molar-refractivity contribution >= 4 is 21.6 Å². The van der Waals surface area contributed by atoms with Crippen molar-refractivity contribution in [2.45, 2.75) is 36.7 Å². The van der Waals surface area contributed by atoms with E-state index in [4.69, 9.17) is 0 Å². The van der Waals surface area contributed by atoms with Crippen LogP contribution < -0.4 is 5.32 Å². The van der Waals surface area contributed by atoms with Crippen molar-refractivity contribution < 1.29 is 40.3 Å². The van der Waals surface area contributed by atoms with Crippen molar-refractivity contribution in [2.24, 2.45) is 0 Å². The van der Waals surface area contributed by atoms with Gasteiger partial charge in [0.25, 0.3) is 5.91 Å². The van der Waals surface area contributed by atoms with Crippen molar-refractivity contribution in [3.8, 4) is 0 Å². The van der Waals surface area contributed by atoms with E-state index in [1.54, 1.807) is 0 Å². The molecule has 1 amide bonds. The Kier molecular flexibility index (Phi) is 7.16. The molecule has 2 aromatic rings. The minimum Gasteiger partial charge on any atom is -0.389 e. The summed E-state index contributed by atoms with van der Waals surface area (Å²) >= 11 is 0. The van der Waals surface area contributed by atoms with Crippen molar-refractivity contribution in [3.63, 3.8) is 0 Å². The number of anilines is 1. The van der Waals surface area contributed by atoms with E-state index in [9.17, 15) is 40.3 Å². The van der Waals surface area contributed by atoms with Crippen LogP contribution in [0.25, 0.3) is 0 Å². The summed E-state index contributed by atoms with van der Waals surface area (Å²) in [5, 5.41) is 11.9. The summed E-state index contributed by atoms with van der Waals surface area (Å²) in [5.41, 5.74) is -0.976. The molecule has 12 heteroatoms. The number of hydrogen-bond acceptors (Lipinski definition) is 4. The Bertz CT molecular complexity index is 1110. The van der Waals surface area contributed by atoms with E-state index in [-0.39, 0.29) is 30.5 Å². The minimum absolute atomic E-state index is 0.0452. The quantitative estimate of drug-likeness (QED) is 0.510. The zero-order chi connectivity index (χ0) is 23.6. The Morgan fingerprint density at radius 3 is 2.44 bits per heavy atom. The van der Waals surface area contributed by atoms with Gasteiger partial charge in [0.05, 0.1) is 11.0 Å². The van der Waals surface area contributed by atoms with Crippen molar-refractivity contribution in [2.75, 3.05) is 18.4 Å². The fourth-order valence-electron chi connectivity index (χ4n) is 3.30. The zero-order valence-corrected chi connectivity index (χ0v) is 17.3. The first-order valence-electron chi connectivity index (χ1n) is 9.51. The van der Waals surface area contributed by atoms with Crippen LogP contribution in [0.15, 0.2) is 35.2 Å². The average molecular weight is 478 g/mol. The molecule has 0 aliphatic carbocycles. The van der Waals surface area contributed by atoms with Crippen molar-refractivity contribution in [3.05, 3.63) is 58.9 Å². The third-order valence-corrected chi connectivity index (χ3v) is 6.98. The van der Waals surface area contributed by atoms with Gasteiger partial charge in [-0.25, -0.2) is 30.4 Å². The van der Waals surface area contributed by atoms with E-state index in [0.29, 0.717) is 12.1 Å². The summed E-state index contributed by atoms with van der Waals surface area (Å²) in [5.74, 6) is -5.79. The number of rotatable bonds is 5. The number of sulfonamides is 1. The van der Waals surface area contributed by atoms with Gasteiger partial charge in [-0.2, -0.15) is 4.31 Å². The highest BCUT2D eigenvalue weighted by Gasteiger charge is 2.34. The lowest BCUT2D eigenvalue weighted by Crippen LogP contribution is -2.39. The standard InChI is InChI=1S/C20H19F5N2O4S/c21-9-12-4-3-11(20(29)26-13-7-15(23)19(25)16(24)8-13)6-18(12)32(30,31)27-5-1-2-14(22)17(28)10-27/h3-4,6-8,14,17,28H,1-2,5,9-10H2,(H,26,29). The molecular weight excluding hydrogens is 459 g/mol. The predicted octanol–water partition coefficient (Wildman–Crippen LogP) is 3.31. The van der Waals surface area contributed by atoms with Crippen LogP contribution in [0.5, 0.6) is 0 Å². The topological polar surface area (TPSA) is 86.7 Å². The monoisotopic (exact) mass is 478 g/mol. The molecule has 2 aromatic carbocycles. The molecule has 1 aliphatic rings. The molecule has 3 rings (SSSR count). The number of amides is 1. The van der Waals surface area contributed by atoms with Crippen LogP contribution in [0, 0.1) is 17.5 Å². The Morgan fingerprint density at radius 2 is 1.81 bits per heavy atom. The molecule has 6 nitrogen and oxygen atoms in total. The van der Waals surface area contributed by atoms with Crippen molar-refractivity contribution in [1.29, 1.82) is 0 Å². The van der Waals surface area contributed by atoms with Gasteiger partial charge in [-0.15, -0.1) is 0 Å². The lowest BCUT2D eigenvalue weighted by Gasteiger charge is -2.23. The van der Waals surface area contributed by atoms with Gasteiger partial charge in [0, 0.05) is 42.0 Å². The molecule has 0 radical (unpaired) electrons. The van der Waals surface area contributed by atoms with Crippen LogP contribution in [0.4, 0.5) is 27.6 Å². The minimum atomic E-state index is -4.42. The lowest BCUT2D eigenvalue weighted by atomic mass is 10.1. The molecule has 174 valence electrons. The van der Waals surface area contributed by atoms with Gasteiger partial charge >= 0.3 is 0 Å². The molecule has 1 fully saturated rings. The molecule has 2 unspecified atom stereocenters. The maximum Gasteiger partial charge on any atom is 0.255 e. The number of halogens is 5. The van der Waals surface area contributed by atoms with Crippen LogP contribution in [0.1, 0.15) is 28.8 Å². The van der Waals surface area contributed by atoms with Crippen LogP contribution in [-0.4, -0.2) is 49.1 Å². The predicted molar refractivity (Wildman–Crippen MR) is 104 cm³/mol. The molecule has 1 saturated heterocycles. The highest BCUT2D eigenvalue weighted by atomic mass is 32.2. The van der Waals surface area contributed by atoms with E-state index in [1.165, 1.54) is 0 Å². The number of aliphatic hydroxyl groups excluding tert-OH is 1. The van der Waals surface area contributed by atoms with Crippen LogP contribution >= 0.6 is 0 Å². The largest absolute Gasteiger partial charge is 0.389 e. The smallest absolute Gasteiger partial charge is 0.255 e. The lowest BCUT2D eigenvalue weighted by molar-refractivity contribution is 0.0710. The highest BCUT2D eigenvalue weighted by molar-refractivity contribution is 7.89. The van der Waals surface area contributed by atoms with E-state index >= 15 is 0 Å². The number of carbonyl (C=O) groups excluding carboxylic acids is 1. The normalized spacial score (nSPS) is 20.1. The molecule has 1 heterocycles. The zero-order valence-electron chi connectivity index (χ0n) is 16.5. The second kappa shape index (κ2) is 9.51. The van der Waals surface area contributed by atoms with E-state index in [2.05, 4.69) is 5.32 Å². The van der Waals surface area contributed by atoms with Gasteiger partial charge in [0.1, 0.15) is 12.8 Å². The SMILES string of the molecule is O=C(Nc1cc(F)c(F)c(F)c1)c1ccc(CF)c(S(=O)(=O)N2CCCC(F)C(O)C2)c1. The second-order valence-corrected chi connectivity index (χ2v) is 9.16. The maximum atomic E-state index is 13.7. The molecular formula is C20H19F5N2O4S. The Hall–Kier alpha value is -2.57. The van der Waals surface area contributed by atoms with E-state index in [1.807, 2.05) is 0 Å². The summed E-state index contributed by atoms with van der Waals surface area (Å²) in [4.78, 5) is 11.9. The molecule has 1 aliphatic heterocycles. The number of β-amino-alcohol motifs (C(OH)–C–C–N with tert-alkyl or cyclic N) is 1. The summed E-state index contributed by atoms with van der Waals surface area (Å²) < 4.78 is 94.1. The number of alkyl halides is 2. The molecule has 2 N–H and O–H groups in total. The van der Waals surface area contributed by atoms with Gasteiger partial charge in [0.15, 0.2) is 17.5 Å². The fourth-order valence-corrected chi connectivity index (χ4v) is 5.03. The number of nitrogens with zero attached hydrogens (tertiary/aromatic N) is 1. The van der Waals surface area contributed by atoms with Crippen molar-refractivity contribution in [1.82, 2.24) is 4.31 Å². The van der Waals surface area contributed by atoms with Gasteiger partial charge in [-0.05, 0) is 25.0 Å². The van der Waals surface area contributed by atoms with Gasteiger partial charge in [-0.1, -0.05) is 6.07 Å².